The molecule has 1 N–H and O–H groups in total. The van der Waals surface area contributed by atoms with E-state index in [0.29, 0.717) is 22.1 Å². The Morgan fingerprint density at radius 3 is 2.87 bits per heavy atom. The second-order valence-electron chi connectivity index (χ2n) is 6.38. The van der Waals surface area contributed by atoms with Crippen LogP contribution in [0.1, 0.15) is 27.7 Å². The lowest BCUT2D eigenvalue weighted by molar-refractivity contribution is 0.0561. The van der Waals surface area contributed by atoms with E-state index >= 15 is 0 Å². The lowest BCUT2D eigenvalue weighted by Crippen LogP contribution is -2.01. The van der Waals surface area contributed by atoms with Crippen molar-refractivity contribution in [3.05, 3.63) is 76.2 Å². The first-order valence-corrected chi connectivity index (χ1v) is 9.47. The number of H-pyrrole nitrogens is 1. The number of aromatic nitrogens is 3. The van der Waals surface area contributed by atoms with E-state index in [1.54, 1.807) is 25.3 Å². The minimum Gasteiger partial charge on any atom is -0.485 e. The Morgan fingerprint density at radius 1 is 1.27 bits per heavy atom. The number of nitrogens with zero attached hydrogens (tertiary/aromatic N) is 3. The van der Waals surface area contributed by atoms with E-state index in [9.17, 15) is 4.79 Å². The molecule has 2 aromatic heterocycles. The van der Waals surface area contributed by atoms with Crippen LogP contribution in [-0.4, -0.2) is 34.2 Å². The maximum absolute atomic E-state index is 11.6. The van der Waals surface area contributed by atoms with Gasteiger partial charge in [0.2, 0.25) is 10.5 Å². The van der Waals surface area contributed by atoms with E-state index in [-0.39, 0.29) is 12.4 Å². The minimum atomic E-state index is -0.535. The largest absolute Gasteiger partial charge is 0.485 e. The Bertz CT molecular complexity index is 1300. The van der Waals surface area contributed by atoms with Crippen LogP contribution in [0.3, 0.4) is 0 Å². The zero-order chi connectivity index (χ0) is 21.1. The summed E-state index contributed by atoms with van der Waals surface area (Å²) >= 11 is 5.22. The van der Waals surface area contributed by atoms with Crippen LogP contribution in [0.2, 0.25) is 0 Å². The predicted molar refractivity (Wildman–Crippen MR) is 113 cm³/mol. The zero-order valence-corrected chi connectivity index (χ0v) is 17.1. The maximum Gasteiger partial charge on any atom is 0.373 e. The topological polar surface area (TPSA) is 94.6 Å². The zero-order valence-electron chi connectivity index (χ0n) is 16.3. The molecule has 0 radical (unpaired) electrons. The van der Waals surface area contributed by atoms with Gasteiger partial charge < -0.3 is 13.9 Å². The van der Waals surface area contributed by atoms with E-state index in [0.717, 1.165) is 16.3 Å². The van der Waals surface area contributed by atoms with Crippen LogP contribution in [0.4, 0.5) is 0 Å². The highest BCUT2D eigenvalue weighted by Crippen LogP contribution is 2.28. The summed E-state index contributed by atoms with van der Waals surface area (Å²) in [6, 6.07) is 15.0. The number of carbonyl (C=O) groups excluding carboxylic acids is 1. The van der Waals surface area contributed by atoms with Gasteiger partial charge in [-0.25, -0.2) is 4.79 Å². The number of hydrogen-bond donors (Lipinski definition) is 1. The summed E-state index contributed by atoms with van der Waals surface area (Å²) in [4.78, 5) is 11.6. The summed E-state index contributed by atoms with van der Waals surface area (Å²) in [6.07, 6.45) is 1.69. The van der Waals surface area contributed by atoms with Crippen molar-refractivity contribution in [3.63, 3.8) is 0 Å². The Morgan fingerprint density at radius 2 is 2.10 bits per heavy atom. The highest BCUT2D eigenvalue weighted by atomic mass is 32.1. The normalized spacial score (nSPS) is 11.3. The van der Waals surface area contributed by atoms with Gasteiger partial charge in [-0.1, -0.05) is 30.3 Å². The number of fused-ring (bicyclic) bond motifs is 1. The van der Waals surface area contributed by atoms with Crippen molar-refractivity contribution < 1.29 is 18.7 Å². The number of methoxy groups -OCH3 is 1. The summed E-state index contributed by atoms with van der Waals surface area (Å²) in [6.45, 7) is 1.94. The van der Waals surface area contributed by atoms with Gasteiger partial charge in [-0.2, -0.15) is 14.9 Å². The monoisotopic (exact) mass is 422 g/mol. The first-order valence-electron chi connectivity index (χ1n) is 9.07. The van der Waals surface area contributed by atoms with Gasteiger partial charge in [-0.05, 0) is 48.1 Å². The molecule has 0 amide bonds. The highest BCUT2D eigenvalue weighted by molar-refractivity contribution is 7.71. The number of nitrogens with one attached hydrogen (secondary N) is 1. The summed E-state index contributed by atoms with van der Waals surface area (Å²) in [5.74, 6) is 1.35. The smallest absolute Gasteiger partial charge is 0.373 e. The molecule has 0 saturated carbocycles. The molecule has 2 aromatic carbocycles. The van der Waals surface area contributed by atoms with Crippen molar-refractivity contribution in [2.24, 2.45) is 5.10 Å². The molecule has 152 valence electrons. The van der Waals surface area contributed by atoms with Crippen molar-refractivity contribution in [1.29, 1.82) is 0 Å². The lowest BCUT2D eigenvalue weighted by Gasteiger charge is -2.11. The molecule has 2 heterocycles. The SMILES string of the molecule is COC(=O)c1ccc(COc2ccc3ccccc3c2/C=N\n2c(C)n[nH]c2=S)o1. The van der Waals surface area contributed by atoms with Gasteiger partial charge in [0.15, 0.2) is 0 Å². The van der Waals surface area contributed by atoms with Crippen molar-refractivity contribution in [3.8, 4) is 5.75 Å². The van der Waals surface area contributed by atoms with E-state index in [1.165, 1.54) is 11.8 Å². The second-order valence-corrected chi connectivity index (χ2v) is 6.76. The van der Waals surface area contributed by atoms with Crippen LogP contribution in [0.15, 0.2) is 58.0 Å². The molecular formula is C21H18N4O4S. The lowest BCUT2D eigenvalue weighted by atomic mass is 10.0. The van der Waals surface area contributed by atoms with Crippen LogP contribution < -0.4 is 4.74 Å². The first-order chi connectivity index (χ1) is 14.6. The molecule has 0 unspecified atom stereocenters. The quantitative estimate of drug-likeness (QED) is 0.284. The van der Waals surface area contributed by atoms with Gasteiger partial charge in [0.05, 0.1) is 13.3 Å². The molecule has 0 aliphatic heterocycles. The number of hydrogen-bond acceptors (Lipinski definition) is 7. The number of aromatic amines is 1. The van der Waals surface area contributed by atoms with Gasteiger partial charge >= 0.3 is 5.97 Å². The third-order valence-electron chi connectivity index (χ3n) is 4.46. The molecule has 0 aliphatic carbocycles. The van der Waals surface area contributed by atoms with Gasteiger partial charge in [-0.15, -0.1) is 0 Å². The Kier molecular flexibility index (Phi) is 5.44. The fourth-order valence-electron chi connectivity index (χ4n) is 2.97. The number of esters is 1. The van der Waals surface area contributed by atoms with E-state index in [1.807, 2.05) is 36.4 Å². The van der Waals surface area contributed by atoms with Crippen molar-refractivity contribution >= 4 is 35.2 Å². The summed E-state index contributed by atoms with van der Waals surface area (Å²) < 4.78 is 18.1. The Balaban J connectivity index is 1.67. The van der Waals surface area contributed by atoms with Crippen molar-refractivity contribution in [1.82, 2.24) is 14.9 Å². The van der Waals surface area contributed by atoms with E-state index in [2.05, 4.69) is 20.0 Å². The molecule has 8 nitrogen and oxygen atoms in total. The molecular weight excluding hydrogens is 404 g/mol. The van der Waals surface area contributed by atoms with Crippen LogP contribution in [0.5, 0.6) is 5.75 Å². The first kappa shape index (κ1) is 19.6. The molecule has 0 fully saturated rings. The average molecular weight is 422 g/mol. The van der Waals surface area contributed by atoms with Crippen LogP contribution in [-0.2, 0) is 11.3 Å². The molecule has 0 spiro atoms. The van der Waals surface area contributed by atoms with E-state index in [4.69, 9.17) is 21.4 Å². The molecule has 0 saturated heterocycles. The van der Waals surface area contributed by atoms with Gasteiger partial charge in [0.25, 0.3) is 0 Å². The van der Waals surface area contributed by atoms with Gasteiger partial charge in [0, 0.05) is 5.56 Å². The fourth-order valence-corrected chi connectivity index (χ4v) is 3.20. The van der Waals surface area contributed by atoms with Crippen molar-refractivity contribution in [2.75, 3.05) is 7.11 Å². The van der Waals surface area contributed by atoms with Crippen LogP contribution in [0.25, 0.3) is 10.8 Å². The Labute approximate surface area is 176 Å². The molecule has 4 aromatic rings. The number of furan rings is 1. The fraction of sp³-hybridized carbons (Fsp3) is 0.143. The highest BCUT2D eigenvalue weighted by Gasteiger charge is 2.13. The Hall–Kier alpha value is -3.72. The average Bonchev–Trinajstić information content (AvgIpc) is 3.37. The number of aryl methyl sites for hydroxylation is 1. The summed E-state index contributed by atoms with van der Waals surface area (Å²) in [7, 11) is 1.30. The van der Waals surface area contributed by atoms with Crippen LogP contribution in [0, 0.1) is 11.7 Å². The molecule has 0 atom stereocenters. The summed E-state index contributed by atoms with van der Waals surface area (Å²) in [5.41, 5.74) is 0.787. The summed E-state index contributed by atoms with van der Waals surface area (Å²) in [5, 5.41) is 13.3. The number of rotatable bonds is 6. The molecule has 4 rings (SSSR count). The molecule has 30 heavy (non-hydrogen) atoms. The maximum atomic E-state index is 11.6. The van der Waals surface area contributed by atoms with Gasteiger partial charge in [-0.3, -0.25) is 5.10 Å². The number of ether oxygens (including phenoxy) is 2. The molecule has 9 heteroatoms. The number of benzene rings is 2. The standard InChI is InChI=1S/C21H18N4O4S/c1-13-23-24-21(30)25(13)22-11-17-16-6-4-3-5-14(16)7-9-18(17)28-12-15-8-10-19(29-15)20(26)27-2/h3-11H,12H2,1-2H3,(H,24,30)/b22-11-. The third-order valence-corrected chi connectivity index (χ3v) is 4.73. The van der Waals surface area contributed by atoms with Crippen LogP contribution >= 0.6 is 12.2 Å². The van der Waals surface area contributed by atoms with E-state index < -0.39 is 5.97 Å². The minimum absolute atomic E-state index is 0.126. The third kappa shape index (κ3) is 3.87. The second kappa shape index (κ2) is 8.34. The molecule has 0 bridgehead atoms. The molecule has 0 aliphatic rings. The predicted octanol–water partition coefficient (Wildman–Crippen LogP) is 4.24. The number of carbonyl (C=O) groups is 1. The van der Waals surface area contributed by atoms with Gasteiger partial charge in [0.1, 0.15) is 23.9 Å². The van der Waals surface area contributed by atoms with Crippen molar-refractivity contribution in [2.45, 2.75) is 13.5 Å².